The maximum Gasteiger partial charge on any atom is 0.323 e. The van der Waals surface area contributed by atoms with Crippen LogP contribution >= 0.6 is 0 Å². The Labute approximate surface area is 257 Å². The molecule has 3 amide bonds. The van der Waals surface area contributed by atoms with Crippen LogP contribution in [0.1, 0.15) is 53.1 Å². The highest BCUT2D eigenvalue weighted by atomic mass is 19.1. The summed E-state index contributed by atoms with van der Waals surface area (Å²) in [5.41, 5.74) is -3.06. The smallest absolute Gasteiger partial charge is 0.323 e. The first-order chi connectivity index (χ1) is 21.4. The molecule has 1 unspecified atom stereocenters. The molecule has 2 atom stereocenters. The average molecular weight is 632 g/mol. The number of benzene rings is 1. The molecule has 15 heteroatoms. The number of esters is 1. The maximum absolute atomic E-state index is 14.2. The molecule has 242 valence electrons. The molecule has 1 aromatic heterocycles. The van der Waals surface area contributed by atoms with Crippen LogP contribution < -0.4 is 20.8 Å². The third kappa shape index (κ3) is 6.27. The van der Waals surface area contributed by atoms with E-state index >= 15 is 0 Å². The first-order valence-corrected chi connectivity index (χ1v) is 14.6. The Bertz CT molecular complexity index is 1580. The molecule has 3 aliphatic rings. The van der Waals surface area contributed by atoms with Gasteiger partial charge in [0.25, 0.3) is 11.8 Å². The Kier molecular flexibility index (Phi) is 9.20. The molecular weight excluding hydrogens is 596 g/mol. The van der Waals surface area contributed by atoms with Crippen molar-refractivity contribution in [2.75, 3.05) is 40.1 Å². The van der Waals surface area contributed by atoms with Crippen LogP contribution in [0.5, 0.6) is 5.75 Å². The zero-order valence-corrected chi connectivity index (χ0v) is 25.2. The van der Waals surface area contributed by atoms with E-state index in [0.717, 1.165) is 25.5 Å². The van der Waals surface area contributed by atoms with Crippen molar-refractivity contribution < 1.29 is 42.2 Å². The van der Waals surface area contributed by atoms with Crippen molar-refractivity contribution in [1.82, 2.24) is 25.0 Å². The normalized spacial score (nSPS) is 19.0. The van der Waals surface area contributed by atoms with Crippen LogP contribution in [-0.2, 0) is 32.2 Å². The number of ether oxygens (including phenoxy) is 3. The number of carbonyl (C=O) groups excluding carboxylic acids is 4. The number of hydrogen-bond acceptors (Lipinski definition) is 9. The molecule has 4 heterocycles. The fourth-order valence-corrected chi connectivity index (χ4v) is 5.85. The standard InChI is InChI=1S/C30H35F2N5O8/c1-30(2,28(41)33-8-10-43-3)29(42)45-16-44-25-23-27(40)37-13-19-5-4-9-36(19)22(37)15-35(23)14-20(24(25)38)26(39)34-12-17-6-7-18(31)11-21(17)32/h6-7,11,14,19,22H,4-5,8-10,12-13,15-16H2,1-3H3,(H,33,41)(H,34,39)/t19?,22-/m0/s1. The van der Waals surface area contributed by atoms with E-state index < -0.39 is 64.3 Å². The molecule has 3 aliphatic heterocycles. The number of nitrogens with zero attached hydrogens (tertiary/aromatic N) is 3. The molecule has 13 nitrogen and oxygen atoms in total. The number of rotatable bonds is 11. The van der Waals surface area contributed by atoms with Gasteiger partial charge in [0.1, 0.15) is 28.8 Å². The zero-order valence-electron chi connectivity index (χ0n) is 25.2. The van der Waals surface area contributed by atoms with Crippen LogP contribution in [0.2, 0.25) is 0 Å². The van der Waals surface area contributed by atoms with Crippen LogP contribution in [0.3, 0.4) is 0 Å². The molecular formula is C30H35F2N5O8. The summed E-state index contributed by atoms with van der Waals surface area (Å²) >= 11 is 0. The number of hydrogen-bond donors (Lipinski definition) is 2. The molecule has 2 fully saturated rings. The van der Waals surface area contributed by atoms with Gasteiger partial charge in [-0.15, -0.1) is 0 Å². The van der Waals surface area contributed by atoms with Crippen molar-refractivity contribution in [3.8, 4) is 5.75 Å². The molecule has 2 saturated heterocycles. The molecule has 2 aromatic rings. The van der Waals surface area contributed by atoms with E-state index in [2.05, 4.69) is 15.5 Å². The SMILES string of the molecule is COCCNC(=O)C(C)(C)C(=O)OCOc1c2n(cc(C(=O)NCc3ccc(F)cc3F)c1=O)C[C@@H]1N(CC3CCCN31)C2=O. The molecule has 0 saturated carbocycles. The van der Waals surface area contributed by atoms with Crippen LogP contribution in [0, 0.1) is 17.0 Å². The summed E-state index contributed by atoms with van der Waals surface area (Å²) in [6, 6.07) is 3.07. The summed E-state index contributed by atoms with van der Waals surface area (Å²) in [6.45, 7) is 3.48. The van der Waals surface area contributed by atoms with Gasteiger partial charge in [-0.1, -0.05) is 6.07 Å². The van der Waals surface area contributed by atoms with Crippen molar-refractivity contribution >= 4 is 23.7 Å². The van der Waals surface area contributed by atoms with Gasteiger partial charge in [0.15, 0.2) is 5.69 Å². The Hall–Kier alpha value is -4.37. The van der Waals surface area contributed by atoms with Crippen molar-refractivity contribution in [2.45, 2.75) is 52.0 Å². The number of carbonyl (C=O) groups is 4. The Balaban J connectivity index is 1.40. The Morgan fingerprint density at radius 2 is 1.89 bits per heavy atom. The van der Waals surface area contributed by atoms with E-state index in [9.17, 15) is 32.8 Å². The highest BCUT2D eigenvalue weighted by molar-refractivity contribution is 6.02. The van der Waals surface area contributed by atoms with E-state index in [-0.39, 0.29) is 49.7 Å². The van der Waals surface area contributed by atoms with Gasteiger partial charge < -0.3 is 34.3 Å². The van der Waals surface area contributed by atoms with Gasteiger partial charge in [0.05, 0.1) is 13.2 Å². The number of amides is 3. The number of pyridine rings is 1. The van der Waals surface area contributed by atoms with Crippen LogP contribution in [0.15, 0.2) is 29.2 Å². The molecule has 0 bridgehead atoms. The van der Waals surface area contributed by atoms with E-state index in [1.54, 1.807) is 4.90 Å². The fourth-order valence-electron chi connectivity index (χ4n) is 5.85. The highest BCUT2D eigenvalue weighted by Crippen LogP contribution is 2.35. The predicted molar refractivity (Wildman–Crippen MR) is 153 cm³/mol. The molecule has 2 N–H and O–H groups in total. The molecule has 1 aromatic carbocycles. The lowest BCUT2D eigenvalue weighted by atomic mass is 9.92. The second-order valence-electron chi connectivity index (χ2n) is 11.7. The van der Waals surface area contributed by atoms with Crippen molar-refractivity contribution in [2.24, 2.45) is 5.41 Å². The predicted octanol–water partition coefficient (Wildman–Crippen LogP) is 0.985. The number of nitrogens with one attached hydrogen (secondary N) is 2. The van der Waals surface area contributed by atoms with Gasteiger partial charge in [0, 0.05) is 57.2 Å². The van der Waals surface area contributed by atoms with Crippen LogP contribution in [0.25, 0.3) is 0 Å². The monoisotopic (exact) mass is 631 g/mol. The van der Waals surface area contributed by atoms with Gasteiger partial charge in [-0.05, 0) is 32.8 Å². The first-order valence-electron chi connectivity index (χ1n) is 14.6. The molecule has 0 spiro atoms. The second-order valence-corrected chi connectivity index (χ2v) is 11.7. The zero-order chi connectivity index (χ0) is 32.5. The minimum Gasteiger partial charge on any atom is -0.451 e. The topological polar surface area (TPSA) is 149 Å². The maximum atomic E-state index is 14.2. The van der Waals surface area contributed by atoms with Crippen molar-refractivity contribution in [3.63, 3.8) is 0 Å². The highest BCUT2D eigenvalue weighted by Gasteiger charge is 2.48. The summed E-state index contributed by atoms with van der Waals surface area (Å²) < 4.78 is 44.6. The first kappa shape index (κ1) is 32.0. The number of halogens is 2. The van der Waals surface area contributed by atoms with Gasteiger partial charge in [0.2, 0.25) is 23.9 Å². The number of fused-ring (bicyclic) bond motifs is 4. The van der Waals surface area contributed by atoms with Crippen LogP contribution in [0.4, 0.5) is 8.78 Å². The van der Waals surface area contributed by atoms with E-state index in [4.69, 9.17) is 14.2 Å². The van der Waals surface area contributed by atoms with Gasteiger partial charge in [-0.2, -0.15) is 0 Å². The lowest BCUT2D eigenvalue weighted by molar-refractivity contribution is -0.164. The Morgan fingerprint density at radius 3 is 2.62 bits per heavy atom. The van der Waals surface area contributed by atoms with E-state index in [0.29, 0.717) is 12.6 Å². The van der Waals surface area contributed by atoms with E-state index in [1.165, 1.54) is 37.8 Å². The van der Waals surface area contributed by atoms with Crippen molar-refractivity contribution in [3.05, 3.63) is 63.1 Å². The second kappa shape index (κ2) is 12.9. The third-order valence-electron chi connectivity index (χ3n) is 8.40. The molecule has 0 radical (unpaired) electrons. The quantitative estimate of drug-likeness (QED) is 0.160. The molecule has 45 heavy (non-hydrogen) atoms. The summed E-state index contributed by atoms with van der Waals surface area (Å²) in [5.74, 6) is -5.07. The molecule has 0 aliphatic carbocycles. The Morgan fingerprint density at radius 1 is 1.11 bits per heavy atom. The largest absolute Gasteiger partial charge is 0.451 e. The van der Waals surface area contributed by atoms with Crippen molar-refractivity contribution in [1.29, 1.82) is 0 Å². The molecule has 5 rings (SSSR count). The lowest BCUT2D eigenvalue weighted by Gasteiger charge is -2.36. The number of aromatic nitrogens is 1. The van der Waals surface area contributed by atoms with E-state index in [1.807, 2.05) is 0 Å². The van der Waals surface area contributed by atoms with Gasteiger partial charge in [-0.25, -0.2) is 8.78 Å². The number of methoxy groups -OCH3 is 1. The summed E-state index contributed by atoms with van der Waals surface area (Å²) in [4.78, 5) is 69.8. The summed E-state index contributed by atoms with van der Waals surface area (Å²) in [7, 11) is 1.46. The fraction of sp³-hybridized carbons (Fsp3) is 0.500. The summed E-state index contributed by atoms with van der Waals surface area (Å²) in [6.07, 6.45) is 2.90. The van der Waals surface area contributed by atoms with Gasteiger partial charge in [-0.3, -0.25) is 28.9 Å². The summed E-state index contributed by atoms with van der Waals surface area (Å²) in [5, 5.41) is 5.01. The van der Waals surface area contributed by atoms with Gasteiger partial charge >= 0.3 is 5.97 Å². The minimum absolute atomic E-state index is 0.00285. The third-order valence-corrected chi connectivity index (χ3v) is 8.40. The lowest BCUT2D eigenvalue weighted by Crippen LogP contribution is -2.51. The average Bonchev–Trinajstić information content (AvgIpc) is 3.60. The van der Waals surface area contributed by atoms with Crippen LogP contribution in [-0.4, -0.2) is 90.4 Å². The minimum atomic E-state index is -1.62.